The molecule has 0 spiro atoms. The Morgan fingerprint density at radius 2 is 2.00 bits per heavy atom. The Kier molecular flexibility index (Phi) is 4.85. The molecular formula is C13H23ClN2. The minimum atomic E-state index is 0.209. The van der Waals surface area contributed by atoms with Gasteiger partial charge in [0.1, 0.15) is 0 Å². The minimum Gasteiger partial charge on any atom is -0.270 e. The number of aromatic nitrogens is 2. The highest BCUT2D eigenvalue weighted by molar-refractivity contribution is 6.20. The van der Waals surface area contributed by atoms with Crippen LogP contribution in [0.5, 0.6) is 0 Å². The molecule has 2 nitrogen and oxygen atoms in total. The van der Waals surface area contributed by atoms with Crippen molar-refractivity contribution in [1.29, 1.82) is 0 Å². The molecular weight excluding hydrogens is 220 g/mol. The summed E-state index contributed by atoms with van der Waals surface area (Å²) in [5, 5.41) is 4.68. The van der Waals surface area contributed by atoms with Gasteiger partial charge < -0.3 is 0 Å². The van der Waals surface area contributed by atoms with Gasteiger partial charge in [-0.1, -0.05) is 13.8 Å². The summed E-state index contributed by atoms with van der Waals surface area (Å²) in [5.41, 5.74) is 2.41. The van der Waals surface area contributed by atoms with Crippen molar-refractivity contribution < 1.29 is 0 Å². The number of hydrogen-bond donors (Lipinski definition) is 0. The van der Waals surface area contributed by atoms with Crippen molar-refractivity contribution in [3.05, 3.63) is 17.5 Å². The molecule has 0 N–H and O–H groups in total. The van der Waals surface area contributed by atoms with Gasteiger partial charge in [0.05, 0.1) is 5.69 Å². The molecule has 2 atom stereocenters. The highest BCUT2D eigenvalue weighted by Gasteiger charge is 2.21. The normalized spacial score (nSPS) is 15.4. The van der Waals surface area contributed by atoms with Gasteiger partial charge in [0.2, 0.25) is 0 Å². The van der Waals surface area contributed by atoms with Crippen LogP contribution >= 0.6 is 11.6 Å². The van der Waals surface area contributed by atoms with Crippen LogP contribution in [0.3, 0.4) is 0 Å². The molecule has 92 valence electrons. The number of nitrogens with zero attached hydrogens (tertiary/aromatic N) is 2. The Morgan fingerprint density at radius 3 is 2.44 bits per heavy atom. The topological polar surface area (TPSA) is 17.8 Å². The van der Waals surface area contributed by atoms with Gasteiger partial charge in [-0.3, -0.25) is 4.68 Å². The zero-order valence-electron chi connectivity index (χ0n) is 11.0. The van der Waals surface area contributed by atoms with E-state index in [1.54, 1.807) is 0 Å². The van der Waals surface area contributed by atoms with Gasteiger partial charge in [0.25, 0.3) is 0 Å². The van der Waals surface area contributed by atoms with E-state index in [0.29, 0.717) is 11.8 Å². The van der Waals surface area contributed by atoms with Gasteiger partial charge in [-0.05, 0) is 45.1 Å². The standard InChI is InChI=1S/C13H23ClN2/c1-6-16-12(7-10(4)15-16)8-13(9(2)3)11(5)14/h7,9,11,13H,6,8H2,1-5H3. The van der Waals surface area contributed by atoms with E-state index in [-0.39, 0.29) is 5.38 Å². The lowest BCUT2D eigenvalue weighted by Gasteiger charge is -2.23. The summed E-state index contributed by atoms with van der Waals surface area (Å²) in [7, 11) is 0. The summed E-state index contributed by atoms with van der Waals surface area (Å²) in [4.78, 5) is 0. The minimum absolute atomic E-state index is 0.209. The van der Waals surface area contributed by atoms with Crippen LogP contribution in [0.15, 0.2) is 6.07 Å². The highest BCUT2D eigenvalue weighted by Crippen LogP contribution is 2.24. The zero-order valence-corrected chi connectivity index (χ0v) is 11.8. The quantitative estimate of drug-likeness (QED) is 0.721. The second-order valence-corrected chi connectivity index (χ2v) is 5.57. The third-order valence-corrected chi connectivity index (χ3v) is 3.50. The lowest BCUT2D eigenvalue weighted by Crippen LogP contribution is -2.22. The predicted molar refractivity (Wildman–Crippen MR) is 70.0 cm³/mol. The van der Waals surface area contributed by atoms with Gasteiger partial charge in [-0.25, -0.2) is 0 Å². The first kappa shape index (κ1) is 13.6. The summed E-state index contributed by atoms with van der Waals surface area (Å²) in [6.07, 6.45) is 1.02. The zero-order chi connectivity index (χ0) is 12.3. The molecule has 1 aromatic rings. The van der Waals surface area contributed by atoms with Crippen molar-refractivity contribution in [1.82, 2.24) is 9.78 Å². The van der Waals surface area contributed by atoms with Crippen LogP contribution in [0.25, 0.3) is 0 Å². The summed E-state index contributed by atoms with van der Waals surface area (Å²) < 4.78 is 2.09. The number of alkyl halides is 1. The molecule has 3 heteroatoms. The van der Waals surface area contributed by atoms with Crippen molar-refractivity contribution in [2.75, 3.05) is 0 Å². The fourth-order valence-electron chi connectivity index (χ4n) is 2.21. The van der Waals surface area contributed by atoms with Gasteiger partial charge in [-0.2, -0.15) is 5.10 Å². The maximum atomic E-state index is 6.26. The largest absolute Gasteiger partial charge is 0.270 e. The molecule has 0 aromatic carbocycles. The lowest BCUT2D eigenvalue weighted by atomic mass is 9.88. The molecule has 16 heavy (non-hydrogen) atoms. The van der Waals surface area contributed by atoms with E-state index in [1.165, 1.54) is 5.69 Å². The smallest absolute Gasteiger partial charge is 0.0596 e. The van der Waals surface area contributed by atoms with Gasteiger partial charge in [-0.15, -0.1) is 11.6 Å². The first-order valence-electron chi connectivity index (χ1n) is 6.13. The molecule has 0 aliphatic rings. The number of rotatable bonds is 5. The Bertz CT molecular complexity index is 321. The van der Waals surface area contributed by atoms with E-state index in [1.807, 2.05) is 6.92 Å². The lowest BCUT2D eigenvalue weighted by molar-refractivity contribution is 0.366. The highest BCUT2D eigenvalue weighted by atomic mass is 35.5. The van der Waals surface area contributed by atoms with Crippen molar-refractivity contribution >= 4 is 11.6 Å². The van der Waals surface area contributed by atoms with Crippen LogP contribution in [0.4, 0.5) is 0 Å². The van der Waals surface area contributed by atoms with Crippen LogP contribution < -0.4 is 0 Å². The molecule has 1 rings (SSSR count). The van der Waals surface area contributed by atoms with Crippen LogP contribution in [0, 0.1) is 18.8 Å². The summed E-state index contributed by atoms with van der Waals surface area (Å²) in [6, 6.07) is 2.18. The maximum absolute atomic E-state index is 6.26. The molecule has 0 amide bonds. The molecule has 0 radical (unpaired) electrons. The van der Waals surface area contributed by atoms with E-state index in [4.69, 9.17) is 11.6 Å². The summed E-state index contributed by atoms with van der Waals surface area (Å²) >= 11 is 6.26. The molecule has 0 saturated heterocycles. The molecule has 2 unspecified atom stereocenters. The first-order chi connectivity index (χ1) is 7.45. The molecule has 0 saturated carbocycles. The number of aryl methyl sites for hydroxylation is 2. The van der Waals surface area contributed by atoms with Crippen molar-refractivity contribution in [2.45, 2.75) is 53.0 Å². The first-order valence-corrected chi connectivity index (χ1v) is 6.56. The van der Waals surface area contributed by atoms with E-state index in [9.17, 15) is 0 Å². The third-order valence-electron chi connectivity index (χ3n) is 3.18. The molecule has 0 bridgehead atoms. The Labute approximate surface area is 104 Å². The SMILES string of the molecule is CCn1nc(C)cc1CC(C(C)C)C(C)Cl. The van der Waals surface area contributed by atoms with Crippen LogP contribution in [0.1, 0.15) is 39.1 Å². The van der Waals surface area contributed by atoms with Gasteiger partial charge in [0, 0.05) is 17.6 Å². The monoisotopic (exact) mass is 242 g/mol. The van der Waals surface area contributed by atoms with E-state index in [0.717, 1.165) is 18.7 Å². The average Bonchev–Trinajstić information content (AvgIpc) is 2.54. The Morgan fingerprint density at radius 1 is 1.38 bits per heavy atom. The number of halogens is 1. The average molecular weight is 243 g/mol. The van der Waals surface area contributed by atoms with Crippen molar-refractivity contribution in [3.8, 4) is 0 Å². The molecule has 0 aliphatic heterocycles. The van der Waals surface area contributed by atoms with Gasteiger partial charge in [0.15, 0.2) is 0 Å². The summed E-state index contributed by atoms with van der Waals surface area (Å²) in [5.74, 6) is 1.12. The molecule has 1 aromatic heterocycles. The van der Waals surface area contributed by atoms with Crippen molar-refractivity contribution in [2.24, 2.45) is 11.8 Å². The third kappa shape index (κ3) is 3.24. The fourth-order valence-corrected chi connectivity index (χ4v) is 2.59. The molecule has 1 heterocycles. The second-order valence-electron chi connectivity index (χ2n) is 4.88. The van der Waals surface area contributed by atoms with Crippen molar-refractivity contribution in [3.63, 3.8) is 0 Å². The van der Waals surface area contributed by atoms with Gasteiger partial charge >= 0.3 is 0 Å². The van der Waals surface area contributed by atoms with E-state index < -0.39 is 0 Å². The predicted octanol–water partition coefficient (Wildman–Crippen LogP) is 3.65. The molecule has 0 fully saturated rings. The van der Waals surface area contributed by atoms with Crippen LogP contribution in [-0.4, -0.2) is 15.2 Å². The Hall–Kier alpha value is -0.500. The number of hydrogen-bond acceptors (Lipinski definition) is 1. The fraction of sp³-hybridized carbons (Fsp3) is 0.769. The second kappa shape index (κ2) is 5.72. The Balaban J connectivity index is 2.84. The summed E-state index contributed by atoms with van der Waals surface area (Å²) in [6.45, 7) is 11.7. The maximum Gasteiger partial charge on any atom is 0.0596 e. The van der Waals surface area contributed by atoms with Crippen LogP contribution in [0.2, 0.25) is 0 Å². The molecule has 0 aliphatic carbocycles. The van der Waals surface area contributed by atoms with E-state index in [2.05, 4.69) is 43.5 Å². The van der Waals surface area contributed by atoms with Crippen LogP contribution in [-0.2, 0) is 13.0 Å². The van der Waals surface area contributed by atoms with E-state index >= 15 is 0 Å².